The minimum atomic E-state index is 0.0378. The van der Waals surface area contributed by atoms with Gasteiger partial charge in [-0.15, -0.1) is 0 Å². The van der Waals surface area contributed by atoms with E-state index in [-0.39, 0.29) is 5.54 Å². The molecule has 4 atom stereocenters. The molecule has 3 nitrogen and oxygen atoms in total. The van der Waals surface area contributed by atoms with Crippen molar-refractivity contribution in [3.8, 4) is 0 Å². The van der Waals surface area contributed by atoms with Crippen LogP contribution in [0.15, 0.2) is 30.3 Å². The lowest BCUT2D eigenvalue weighted by Crippen LogP contribution is -2.63. The third-order valence-electron chi connectivity index (χ3n) is 5.03. The highest BCUT2D eigenvalue weighted by atomic mass is 16.5. The molecule has 20 heavy (non-hydrogen) atoms. The Kier molecular flexibility index (Phi) is 3.85. The fourth-order valence-corrected chi connectivity index (χ4v) is 3.67. The molecule has 2 saturated heterocycles. The fourth-order valence-electron chi connectivity index (χ4n) is 3.67. The minimum Gasteiger partial charge on any atom is -0.377 e. The summed E-state index contributed by atoms with van der Waals surface area (Å²) < 4.78 is 5.78. The molecule has 0 bridgehead atoms. The molecular weight excluding hydrogens is 248 g/mol. The van der Waals surface area contributed by atoms with Crippen LogP contribution in [-0.2, 0) is 10.3 Å². The quantitative estimate of drug-likeness (QED) is 0.896. The molecule has 1 N–H and O–H groups in total. The van der Waals surface area contributed by atoms with Crippen LogP contribution in [0.1, 0.15) is 32.8 Å². The minimum absolute atomic E-state index is 0.0378. The van der Waals surface area contributed by atoms with Gasteiger partial charge >= 0.3 is 0 Å². The molecule has 4 unspecified atom stereocenters. The molecule has 2 heterocycles. The van der Waals surface area contributed by atoms with Crippen LogP contribution in [0.5, 0.6) is 0 Å². The van der Waals surface area contributed by atoms with Gasteiger partial charge in [-0.2, -0.15) is 0 Å². The van der Waals surface area contributed by atoms with Crippen molar-refractivity contribution in [2.75, 3.05) is 19.7 Å². The van der Waals surface area contributed by atoms with Crippen LogP contribution in [0, 0.1) is 0 Å². The second kappa shape index (κ2) is 5.47. The first-order chi connectivity index (χ1) is 9.60. The molecular formula is C17H26N2O. The summed E-state index contributed by atoms with van der Waals surface area (Å²) in [5.41, 5.74) is 1.42. The van der Waals surface area contributed by atoms with Crippen LogP contribution in [0.25, 0.3) is 0 Å². The van der Waals surface area contributed by atoms with Crippen molar-refractivity contribution in [3.63, 3.8) is 0 Å². The van der Waals surface area contributed by atoms with Gasteiger partial charge in [0.25, 0.3) is 0 Å². The zero-order valence-corrected chi connectivity index (χ0v) is 12.8. The molecule has 2 aliphatic rings. The first kappa shape index (κ1) is 14.1. The highest BCUT2D eigenvalue weighted by molar-refractivity contribution is 5.25. The van der Waals surface area contributed by atoms with Crippen LogP contribution < -0.4 is 5.32 Å². The van der Waals surface area contributed by atoms with Gasteiger partial charge in [0, 0.05) is 31.8 Å². The topological polar surface area (TPSA) is 24.5 Å². The molecule has 0 radical (unpaired) electrons. The van der Waals surface area contributed by atoms with Gasteiger partial charge in [0.15, 0.2) is 0 Å². The number of rotatable bonds is 2. The Labute approximate surface area is 122 Å². The van der Waals surface area contributed by atoms with Crippen LogP contribution in [0.4, 0.5) is 0 Å². The first-order valence-corrected chi connectivity index (χ1v) is 7.78. The predicted octanol–water partition coefficient (Wildman–Crippen LogP) is 2.37. The first-order valence-electron chi connectivity index (χ1n) is 7.78. The Morgan fingerprint density at radius 3 is 2.65 bits per heavy atom. The number of nitrogens with one attached hydrogen (secondary N) is 1. The Bertz CT molecular complexity index is 450. The van der Waals surface area contributed by atoms with Crippen molar-refractivity contribution in [1.82, 2.24) is 10.2 Å². The monoisotopic (exact) mass is 274 g/mol. The van der Waals surface area contributed by atoms with E-state index in [4.69, 9.17) is 4.74 Å². The number of hydrogen-bond acceptors (Lipinski definition) is 3. The van der Waals surface area contributed by atoms with E-state index in [2.05, 4.69) is 61.3 Å². The van der Waals surface area contributed by atoms with Gasteiger partial charge in [0.1, 0.15) is 0 Å². The van der Waals surface area contributed by atoms with E-state index in [1.807, 2.05) is 0 Å². The van der Waals surface area contributed by atoms with Gasteiger partial charge in [0.2, 0.25) is 0 Å². The van der Waals surface area contributed by atoms with Crippen LogP contribution in [0.2, 0.25) is 0 Å². The largest absolute Gasteiger partial charge is 0.377 e. The summed E-state index contributed by atoms with van der Waals surface area (Å²) in [6.45, 7) is 9.85. The maximum Gasteiger partial charge on any atom is 0.0703 e. The lowest BCUT2D eigenvalue weighted by Gasteiger charge is -2.48. The summed E-state index contributed by atoms with van der Waals surface area (Å²) in [4.78, 5) is 2.65. The molecule has 0 spiro atoms. The highest BCUT2D eigenvalue weighted by Gasteiger charge is 2.41. The van der Waals surface area contributed by atoms with E-state index in [0.29, 0.717) is 18.2 Å². The van der Waals surface area contributed by atoms with Crippen LogP contribution in [-0.4, -0.2) is 42.8 Å². The smallest absolute Gasteiger partial charge is 0.0703 e. The molecule has 1 aromatic rings. The molecule has 3 heteroatoms. The van der Waals surface area contributed by atoms with Crippen molar-refractivity contribution >= 4 is 0 Å². The molecule has 0 amide bonds. The summed E-state index contributed by atoms with van der Waals surface area (Å²) in [6.07, 6.45) is 1.52. The number of hydrogen-bond donors (Lipinski definition) is 1. The van der Waals surface area contributed by atoms with E-state index in [1.165, 1.54) is 5.56 Å². The average Bonchev–Trinajstić information content (AvgIpc) is 2.89. The van der Waals surface area contributed by atoms with Crippen molar-refractivity contribution < 1.29 is 4.74 Å². The maximum absolute atomic E-state index is 5.78. The summed E-state index contributed by atoms with van der Waals surface area (Å²) in [5.74, 6) is 0. The Balaban J connectivity index is 1.82. The summed E-state index contributed by atoms with van der Waals surface area (Å²) in [5, 5.41) is 3.75. The Hall–Kier alpha value is -0.900. The average molecular weight is 274 g/mol. The van der Waals surface area contributed by atoms with Crippen LogP contribution in [0.3, 0.4) is 0 Å². The molecule has 110 valence electrons. The predicted molar refractivity (Wildman–Crippen MR) is 81.8 cm³/mol. The number of nitrogens with zero attached hydrogens (tertiary/aromatic N) is 1. The van der Waals surface area contributed by atoms with Gasteiger partial charge < -0.3 is 10.1 Å². The Morgan fingerprint density at radius 2 is 2.00 bits per heavy atom. The normalized spacial score (nSPS) is 39.0. The SMILES string of the molecule is CC1OCCC1N1CC(C)(c2ccccc2)NCC1C. The number of ether oxygens (including phenoxy) is 1. The van der Waals surface area contributed by atoms with Gasteiger partial charge in [0.05, 0.1) is 11.6 Å². The van der Waals surface area contributed by atoms with Crippen molar-refractivity contribution in [2.24, 2.45) is 0 Å². The standard InChI is InChI=1S/C17H26N2O/c1-13-11-18-17(3,15-7-5-4-6-8-15)12-19(13)16-9-10-20-14(16)2/h4-8,13-14,16,18H,9-12H2,1-3H3. The second-order valence-corrected chi connectivity index (χ2v) is 6.53. The lowest BCUT2D eigenvalue weighted by molar-refractivity contribution is 0.0165. The van der Waals surface area contributed by atoms with Gasteiger partial charge in [-0.3, -0.25) is 4.90 Å². The molecule has 2 fully saturated rings. The molecule has 0 aromatic heterocycles. The van der Waals surface area contributed by atoms with Crippen molar-refractivity contribution in [2.45, 2.75) is 50.9 Å². The van der Waals surface area contributed by atoms with Crippen molar-refractivity contribution in [3.05, 3.63) is 35.9 Å². The lowest BCUT2D eigenvalue weighted by atomic mass is 9.87. The zero-order valence-electron chi connectivity index (χ0n) is 12.8. The second-order valence-electron chi connectivity index (χ2n) is 6.53. The van der Waals surface area contributed by atoms with E-state index in [9.17, 15) is 0 Å². The summed E-state index contributed by atoms with van der Waals surface area (Å²) >= 11 is 0. The molecule has 2 aliphatic heterocycles. The molecule has 1 aromatic carbocycles. The highest BCUT2D eigenvalue weighted by Crippen LogP contribution is 2.31. The third kappa shape index (κ3) is 2.50. The maximum atomic E-state index is 5.78. The van der Waals surface area contributed by atoms with E-state index in [0.717, 1.165) is 26.1 Å². The van der Waals surface area contributed by atoms with E-state index in [1.54, 1.807) is 0 Å². The molecule has 0 aliphatic carbocycles. The molecule has 0 saturated carbocycles. The Morgan fingerprint density at radius 1 is 1.25 bits per heavy atom. The number of piperazine rings is 1. The molecule has 3 rings (SSSR count). The zero-order chi connectivity index (χ0) is 14.2. The fraction of sp³-hybridized carbons (Fsp3) is 0.647. The number of benzene rings is 1. The van der Waals surface area contributed by atoms with Crippen LogP contribution >= 0.6 is 0 Å². The summed E-state index contributed by atoms with van der Waals surface area (Å²) in [6, 6.07) is 11.9. The summed E-state index contributed by atoms with van der Waals surface area (Å²) in [7, 11) is 0. The third-order valence-corrected chi connectivity index (χ3v) is 5.03. The van der Waals surface area contributed by atoms with E-state index >= 15 is 0 Å². The van der Waals surface area contributed by atoms with E-state index < -0.39 is 0 Å². The van der Waals surface area contributed by atoms with Gasteiger partial charge in [-0.25, -0.2) is 0 Å². The van der Waals surface area contributed by atoms with Gasteiger partial charge in [-0.1, -0.05) is 30.3 Å². The van der Waals surface area contributed by atoms with Crippen molar-refractivity contribution in [1.29, 1.82) is 0 Å². The van der Waals surface area contributed by atoms with Gasteiger partial charge in [-0.05, 0) is 32.8 Å².